The van der Waals surface area contributed by atoms with Crippen LogP contribution in [0, 0.1) is 0 Å². The summed E-state index contributed by atoms with van der Waals surface area (Å²) >= 11 is 0. The maximum absolute atomic E-state index is 13.9. The Labute approximate surface area is 232 Å². The number of piperidine rings is 1. The summed E-state index contributed by atoms with van der Waals surface area (Å²) in [6, 6.07) is 6.43. The van der Waals surface area contributed by atoms with Gasteiger partial charge in [0.25, 0.3) is 0 Å². The number of carbonyl (C=O) groups excluding carboxylic acids is 1. The lowest BCUT2D eigenvalue weighted by molar-refractivity contribution is -0.123. The Hall–Kier alpha value is -4.02. The van der Waals surface area contributed by atoms with Crippen molar-refractivity contribution in [2.75, 3.05) is 32.1 Å². The van der Waals surface area contributed by atoms with Crippen LogP contribution in [0.15, 0.2) is 43.0 Å². The number of hydrogen-bond acceptors (Lipinski definition) is 6. The Bertz CT molecular complexity index is 1790. The number of rotatable bonds is 5. The summed E-state index contributed by atoms with van der Waals surface area (Å²) in [5, 5.41) is 14.7. The highest BCUT2D eigenvalue weighted by atomic mass is 16.5. The molecule has 40 heavy (non-hydrogen) atoms. The van der Waals surface area contributed by atoms with Crippen LogP contribution in [-0.4, -0.2) is 68.3 Å². The third kappa shape index (κ3) is 3.55. The van der Waals surface area contributed by atoms with Gasteiger partial charge in [-0.25, -0.2) is 4.98 Å². The molecule has 1 amide bonds. The zero-order valence-corrected chi connectivity index (χ0v) is 23.6. The minimum Gasteiger partial charge on any atom is -0.377 e. The average Bonchev–Trinajstić information content (AvgIpc) is 3.71. The number of methoxy groups -OCH3 is 1. The molecule has 5 aromatic rings. The quantitative estimate of drug-likeness (QED) is 0.350. The number of aromatic amines is 1. The molecule has 10 heteroatoms. The molecule has 0 unspecified atom stereocenters. The number of nitrogens with one attached hydrogen (secondary N) is 2. The van der Waals surface area contributed by atoms with Crippen LogP contribution in [0.4, 0.5) is 5.69 Å². The van der Waals surface area contributed by atoms with E-state index in [1.54, 1.807) is 12.0 Å². The first kappa shape index (κ1) is 25.0. The van der Waals surface area contributed by atoms with Crippen molar-refractivity contribution in [2.24, 2.45) is 7.05 Å². The summed E-state index contributed by atoms with van der Waals surface area (Å²) in [5.74, 6) is 0.157. The SMILES string of the molecule is COC(C)(C)Cn1cc(-c2[nH]c3ncc4c(c3c2-c2ccc3c(cnn3C)c2)C2(CCNCC2)C(=O)N4C)cn1. The van der Waals surface area contributed by atoms with Gasteiger partial charge in [-0.2, -0.15) is 10.2 Å². The Kier molecular flexibility index (Phi) is 5.46. The second-order valence-corrected chi connectivity index (χ2v) is 11.7. The highest BCUT2D eigenvalue weighted by Crippen LogP contribution is 2.52. The van der Waals surface area contributed by atoms with E-state index in [9.17, 15) is 4.79 Å². The van der Waals surface area contributed by atoms with Gasteiger partial charge in [0.2, 0.25) is 5.91 Å². The van der Waals surface area contributed by atoms with Gasteiger partial charge in [0.05, 0.1) is 53.0 Å². The first-order valence-electron chi connectivity index (χ1n) is 13.8. The van der Waals surface area contributed by atoms with E-state index in [2.05, 4.69) is 44.9 Å². The lowest BCUT2D eigenvalue weighted by Crippen LogP contribution is -2.46. The van der Waals surface area contributed by atoms with Gasteiger partial charge in [-0.15, -0.1) is 0 Å². The lowest BCUT2D eigenvalue weighted by atomic mass is 9.72. The minimum absolute atomic E-state index is 0.157. The largest absolute Gasteiger partial charge is 0.377 e. The molecule has 206 valence electrons. The van der Waals surface area contributed by atoms with E-state index in [1.807, 2.05) is 55.9 Å². The van der Waals surface area contributed by atoms with Gasteiger partial charge < -0.3 is 19.9 Å². The molecule has 7 rings (SSSR count). The van der Waals surface area contributed by atoms with Crippen LogP contribution in [0.5, 0.6) is 0 Å². The molecule has 1 fully saturated rings. The standard InChI is InChI=1S/C30H34N8O2/c1-29(2,40-5)17-38-16-20(14-34-38)26-23(18-6-7-21-19(12-18)13-33-37(21)4)24-25-22(15-32-27(24)35-26)36(3)28(39)30(25)8-10-31-11-9-30/h6-7,12-16,31H,8-11,17H2,1-5H3,(H,32,35). The zero-order chi connectivity index (χ0) is 27.8. The molecule has 1 spiro atoms. The number of aryl methyl sites for hydroxylation is 1. The molecule has 2 N–H and O–H groups in total. The average molecular weight is 539 g/mol. The molecule has 1 saturated heterocycles. The monoisotopic (exact) mass is 538 g/mol. The molecule has 0 aliphatic carbocycles. The molecule has 10 nitrogen and oxygen atoms in total. The number of pyridine rings is 1. The number of nitrogens with zero attached hydrogens (tertiary/aromatic N) is 6. The maximum atomic E-state index is 13.9. The second-order valence-electron chi connectivity index (χ2n) is 11.7. The van der Waals surface area contributed by atoms with Gasteiger partial charge in [0.15, 0.2) is 0 Å². The van der Waals surface area contributed by atoms with E-state index in [4.69, 9.17) is 9.72 Å². The number of fused-ring (bicyclic) bond motifs is 5. The number of hydrogen-bond donors (Lipinski definition) is 2. The van der Waals surface area contributed by atoms with E-state index in [0.717, 1.165) is 81.5 Å². The number of aromatic nitrogens is 6. The maximum Gasteiger partial charge on any atom is 0.237 e. The fraction of sp³-hybridized carbons (Fsp3) is 0.400. The molecule has 2 aliphatic heterocycles. The van der Waals surface area contributed by atoms with Gasteiger partial charge in [0.1, 0.15) is 5.65 Å². The summed E-state index contributed by atoms with van der Waals surface area (Å²) in [6.45, 7) is 6.32. The number of H-pyrrole nitrogens is 1. The van der Waals surface area contributed by atoms with E-state index < -0.39 is 5.41 Å². The normalized spacial score (nSPS) is 17.0. The number of anilines is 1. The summed E-state index contributed by atoms with van der Waals surface area (Å²) < 4.78 is 9.45. The lowest BCUT2D eigenvalue weighted by Gasteiger charge is -2.33. The molecular formula is C30H34N8O2. The number of amides is 1. The van der Waals surface area contributed by atoms with E-state index in [1.165, 1.54) is 0 Å². The van der Waals surface area contributed by atoms with Gasteiger partial charge in [-0.3, -0.25) is 14.2 Å². The van der Waals surface area contributed by atoms with Crippen LogP contribution in [-0.2, 0) is 28.5 Å². The van der Waals surface area contributed by atoms with Gasteiger partial charge in [-0.1, -0.05) is 6.07 Å². The Balaban J connectivity index is 1.51. The fourth-order valence-corrected chi connectivity index (χ4v) is 6.60. The Morgan fingerprint density at radius 3 is 2.65 bits per heavy atom. The molecule has 2 aliphatic rings. The molecule has 0 bridgehead atoms. The van der Waals surface area contributed by atoms with Crippen molar-refractivity contribution < 1.29 is 9.53 Å². The van der Waals surface area contributed by atoms with Gasteiger partial charge in [-0.05, 0) is 57.5 Å². The Morgan fingerprint density at radius 2 is 1.88 bits per heavy atom. The fourth-order valence-electron chi connectivity index (χ4n) is 6.60. The molecule has 4 aromatic heterocycles. The van der Waals surface area contributed by atoms with Gasteiger partial charge in [0, 0.05) is 54.9 Å². The van der Waals surface area contributed by atoms with Crippen molar-refractivity contribution in [2.45, 2.75) is 44.2 Å². The summed E-state index contributed by atoms with van der Waals surface area (Å²) in [6.07, 6.45) is 9.20. The summed E-state index contributed by atoms with van der Waals surface area (Å²) in [5.41, 5.74) is 6.87. The molecule has 0 atom stereocenters. The molecular weight excluding hydrogens is 504 g/mol. The van der Waals surface area contributed by atoms with Crippen molar-refractivity contribution in [3.05, 3.63) is 48.5 Å². The molecule has 0 radical (unpaired) electrons. The van der Waals surface area contributed by atoms with Crippen molar-refractivity contribution in [1.29, 1.82) is 0 Å². The second kappa shape index (κ2) is 8.74. The van der Waals surface area contributed by atoms with E-state index in [-0.39, 0.29) is 11.5 Å². The van der Waals surface area contributed by atoms with Crippen molar-refractivity contribution in [3.8, 4) is 22.4 Å². The third-order valence-electron chi connectivity index (χ3n) is 8.87. The van der Waals surface area contributed by atoms with Gasteiger partial charge >= 0.3 is 0 Å². The minimum atomic E-state index is -0.574. The smallest absolute Gasteiger partial charge is 0.237 e. The molecule has 0 saturated carbocycles. The van der Waals surface area contributed by atoms with Crippen LogP contribution in [0.2, 0.25) is 0 Å². The van der Waals surface area contributed by atoms with Crippen molar-refractivity contribution in [1.82, 2.24) is 34.8 Å². The number of ether oxygens (including phenoxy) is 1. The van der Waals surface area contributed by atoms with Crippen LogP contribution < -0.4 is 10.2 Å². The van der Waals surface area contributed by atoms with Crippen molar-refractivity contribution >= 4 is 33.5 Å². The first-order chi connectivity index (χ1) is 19.2. The van der Waals surface area contributed by atoms with Crippen LogP contribution in [0.25, 0.3) is 44.3 Å². The zero-order valence-electron chi connectivity index (χ0n) is 23.6. The third-order valence-corrected chi connectivity index (χ3v) is 8.87. The predicted octanol–water partition coefficient (Wildman–Crippen LogP) is 4.00. The van der Waals surface area contributed by atoms with Crippen LogP contribution in [0.1, 0.15) is 32.3 Å². The summed E-state index contributed by atoms with van der Waals surface area (Å²) in [7, 11) is 5.55. The number of carbonyl (C=O) groups is 1. The predicted molar refractivity (Wildman–Crippen MR) is 155 cm³/mol. The van der Waals surface area contributed by atoms with E-state index in [0.29, 0.717) is 6.54 Å². The van der Waals surface area contributed by atoms with Crippen molar-refractivity contribution in [3.63, 3.8) is 0 Å². The highest BCUT2D eigenvalue weighted by Gasteiger charge is 2.52. The van der Waals surface area contributed by atoms with Crippen LogP contribution >= 0.6 is 0 Å². The number of likely N-dealkylation sites (N-methyl/N-ethyl adjacent to an activating group) is 1. The highest BCUT2D eigenvalue weighted by molar-refractivity contribution is 6.16. The molecule has 6 heterocycles. The topological polar surface area (TPSA) is 106 Å². The Morgan fingerprint density at radius 1 is 1.07 bits per heavy atom. The van der Waals surface area contributed by atoms with Crippen LogP contribution in [0.3, 0.4) is 0 Å². The summed E-state index contributed by atoms with van der Waals surface area (Å²) in [4.78, 5) is 24.2. The van der Waals surface area contributed by atoms with E-state index >= 15 is 0 Å². The first-order valence-corrected chi connectivity index (χ1v) is 13.8. The molecule has 1 aromatic carbocycles. The number of benzene rings is 1.